The smallest absolute Gasteiger partial charge is 0.228 e. The zero-order valence-corrected chi connectivity index (χ0v) is 15.8. The van der Waals surface area contributed by atoms with Crippen LogP contribution in [0.15, 0.2) is 30.3 Å². The van der Waals surface area contributed by atoms with Crippen LogP contribution in [-0.4, -0.2) is 33.1 Å². The van der Waals surface area contributed by atoms with Crippen LogP contribution in [0, 0.1) is 5.82 Å². The van der Waals surface area contributed by atoms with Gasteiger partial charge >= 0.3 is 0 Å². The van der Waals surface area contributed by atoms with Crippen LogP contribution in [0.1, 0.15) is 23.5 Å². The molecule has 0 fully saturated rings. The van der Waals surface area contributed by atoms with Gasteiger partial charge in [0.1, 0.15) is 11.6 Å². The fourth-order valence-electron chi connectivity index (χ4n) is 3.21. The molecule has 2 aromatic carbocycles. The van der Waals surface area contributed by atoms with Crippen molar-refractivity contribution in [2.24, 2.45) is 0 Å². The summed E-state index contributed by atoms with van der Waals surface area (Å²) in [7, 11) is 4.55. The second-order valence-corrected chi connectivity index (χ2v) is 6.27. The predicted octanol–water partition coefficient (Wildman–Crippen LogP) is 2.59. The third-order valence-corrected chi connectivity index (χ3v) is 4.61. The Hall–Kier alpha value is -3.29. The second-order valence-electron chi connectivity index (χ2n) is 6.27. The van der Waals surface area contributed by atoms with Gasteiger partial charge in [0.25, 0.3) is 0 Å². The number of amides is 2. The summed E-state index contributed by atoms with van der Waals surface area (Å²) in [6.45, 7) is 0.164. The molecule has 8 heteroatoms. The Morgan fingerprint density at radius 3 is 2.46 bits per heavy atom. The molecule has 1 aliphatic rings. The molecule has 0 saturated heterocycles. The summed E-state index contributed by atoms with van der Waals surface area (Å²) >= 11 is 0. The molecular formula is C20H21FN2O5. The van der Waals surface area contributed by atoms with Crippen molar-refractivity contribution in [3.05, 3.63) is 47.3 Å². The van der Waals surface area contributed by atoms with Crippen LogP contribution in [0.25, 0.3) is 0 Å². The summed E-state index contributed by atoms with van der Waals surface area (Å²) in [4.78, 5) is 24.7. The van der Waals surface area contributed by atoms with Crippen LogP contribution in [0.3, 0.4) is 0 Å². The summed E-state index contributed by atoms with van der Waals surface area (Å²) in [6.07, 6.45) is -0.00641. The van der Waals surface area contributed by atoms with E-state index in [-0.39, 0.29) is 24.8 Å². The lowest BCUT2D eigenvalue weighted by atomic mass is 9.89. The molecule has 28 heavy (non-hydrogen) atoms. The van der Waals surface area contributed by atoms with Crippen LogP contribution in [0.2, 0.25) is 0 Å². The van der Waals surface area contributed by atoms with Crippen LogP contribution in [0.4, 0.5) is 10.1 Å². The van der Waals surface area contributed by atoms with Gasteiger partial charge in [-0.25, -0.2) is 4.39 Å². The van der Waals surface area contributed by atoms with Crippen molar-refractivity contribution in [2.45, 2.75) is 18.9 Å². The zero-order chi connectivity index (χ0) is 20.3. The molecule has 7 nitrogen and oxygen atoms in total. The van der Waals surface area contributed by atoms with Crippen molar-refractivity contribution < 1.29 is 28.2 Å². The van der Waals surface area contributed by atoms with Gasteiger partial charge in [-0.1, -0.05) is 6.07 Å². The van der Waals surface area contributed by atoms with Gasteiger partial charge < -0.3 is 24.8 Å². The van der Waals surface area contributed by atoms with Crippen molar-refractivity contribution in [1.82, 2.24) is 5.32 Å². The second kappa shape index (κ2) is 8.16. The highest BCUT2D eigenvalue weighted by Crippen LogP contribution is 2.35. The molecule has 1 aliphatic heterocycles. The van der Waals surface area contributed by atoms with Crippen LogP contribution in [-0.2, 0) is 16.1 Å². The van der Waals surface area contributed by atoms with Gasteiger partial charge in [0, 0.05) is 30.3 Å². The van der Waals surface area contributed by atoms with Gasteiger partial charge in [0.15, 0.2) is 11.5 Å². The largest absolute Gasteiger partial charge is 0.496 e. The predicted molar refractivity (Wildman–Crippen MR) is 100 cm³/mol. The lowest BCUT2D eigenvalue weighted by molar-refractivity contribution is -0.126. The topological polar surface area (TPSA) is 85.9 Å². The molecule has 0 bridgehead atoms. The molecule has 1 atom stereocenters. The van der Waals surface area contributed by atoms with Gasteiger partial charge in [0.2, 0.25) is 11.8 Å². The molecule has 148 valence electrons. The number of hydrogen-bond donors (Lipinski definition) is 2. The standard InChI is InChI=1S/C20H21FN2O5/c1-26-16-9-18(28-3)17(27-2)6-11(16)10-22-20(25)14-8-19(24)23-15-7-12(21)4-5-13(14)15/h4-7,9,14H,8,10H2,1-3H3,(H,22,25)(H,23,24)/t14-/m0/s1. The first kappa shape index (κ1) is 19.5. The Kier molecular flexibility index (Phi) is 5.67. The number of carbonyl (C=O) groups excluding carboxylic acids is 2. The maximum atomic E-state index is 13.4. The molecular weight excluding hydrogens is 367 g/mol. The minimum Gasteiger partial charge on any atom is -0.496 e. The van der Waals surface area contributed by atoms with E-state index in [9.17, 15) is 14.0 Å². The molecule has 2 aromatic rings. The summed E-state index contributed by atoms with van der Waals surface area (Å²) in [5, 5.41) is 5.42. The number of benzene rings is 2. The minimum absolute atomic E-state index is 0.00641. The first-order chi connectivity index (χ1) is 13.5. The Morgan fingerprint density at radius 1 is 1.11 bits per heavy atom. The number of methoxy groups -OCH3 is 3. The summed E-state index contributed by atoms with van der Waals surface area (Å²) in [6, 6.07) is 7.39. The monoisotopic (exact) mass is 388 g/mol. The van der Waals surface area contributed by atoms with E-state index < -0.39 is 11.7 Å². The minimum atomic E-state index is -0.699. The van der Waals surface area contributed by atoms with Gasteiger partial charge in [-0.2, -0.15) is 0 Å². The van der Waals surface area contributed by atoms with Gasteiger partial charge in [-0.05, 0) is 23.8 Å². The molecule has 0 spiro atoms. The van der Waals surface area contributed by atoms with Crippen molar-refractivity contribution in [3.63, 3.8) is 0 Å². The Morgan fingerprint density at radius 2 is 1.79 bits per heavy atom. The van der Waals surface area contributed by atoms with E-state index >= 15 is 0 Å². The van der Waals surface area contributed by atoms with Crippen LogP contribution < -0.4 is 24.8 Å². The lowest BCUT2D eigenvalue weighted by Crippen LogP contribution is -2.34. The Bertz CT molecular complexity index is 916. The fraction of sp³-hybridized carbons (Fsp3) is 0.300. The Balaban J connectivity index is 1.81. The molecule has 3 rings (SSSR count). The molecule has 2 N–H and O–H groups in total. The molecule has 0 aromatic heterocycles. The van der Waals surface area contributed by atoms with E-state index in [2.05, 4.69) is 10.6 Å². The van der Waals surface area contributed by atoms with Crippen LogP contribution >= 0.6 is 0 Å². The maximum absolute atomic E-state index is 13.4. The van der Waals surface area contributed by atoms with Crippen LogP contribution in [0.5, 0.6) is 17.2 Å². The summed E-state index contributed by atoms with van der Waals surface area (Å²) < 4.78 is 29.3. The SMILES string of the molecule is COc1cc(OC)c(OC)cc1CNC(=O)[C@H]1CC(=O)Nc2cc(F)ccc21. The molecule has 1 heterocycles. The first-order valence-corrected chi connectivity index (χ1v) is 8.62. The average molecular weight is 388 g/mol. The van der Waals surface area contributed by atoms with Crippen molar-refractivity contribution in [3.8, 4) is 17.2 Å². The number of rotatable bonds is 6. The number of halogens is 1. The maximum Gasteiger partial charge on any atom is 0.228 e. The van der Waals surface area contributed by atoms with Crippen molar-refractivity contribution >= 4 is 17.5 Å². The highest BCUT2D eigenvalue weighted by Gasteiger charge is 2.31. The normalized spacial score (nSPS) is 15.3. The van der Waals surface area contributed by atoms with E-state index in [0.29, 0.717) is 34.1 Å². The Labute approximate surface area is 161 Å². The summed E-state index contributed by atoms with van der Waals surface area (Å²) in [5.74, 6) is -0.297. The molecule has 0 radical (unpaired) electrons. The average Bonchev–Trinajstić information content (AvgIpc) is 2.70. The zero-order valence-electron chi connectivity index (χ0n) is 15.8. The van der Waals surface area contributed by atoms with Crippen molar-refractivity contribution in [1.29, 1.82) is 0 Å². The van der Waals surface area contributed by atoms with E-state index in [1.807, 2.05) is 0 Å². The quantitative estimate of drug-likeness (QED) is 0.795. The number of hydrogen-bond acceptors (Lipinski definition) is 5. The summed E-state index contributed by atoms with van der Waals surface area (Å²) in [5.41, 5.74) is 1.59. The van der Waals surface area contributed by atoms with Gasteiger partial charge in [-0.3, -0.25) is 9.59 Å². The third kappa shape index (κ3) is 3.85. The fourth-order valence-corrected chi connectivity index (χ4v) is 3.21. The highest BCUT2D eigenvalue weighted by molar-refractivity contribution is 6.01. The molecule has 0 aliphatic carbocycles. The number of anilines is 1. The van der Waals surface area contributed by atoms with Crippen molar-refractivity contribution in [2.75, 3.05) is 26.6 Å². The van der Waals surface area contributed by atoms with Gasteiger partial charge in [0.05, 0.1) is 27.2 Å². The van der Waals surface area contributed by atoms with E-state index in [1.165, 1.54) is 39.5 Å². The molecule has 0 unspecified atom stereocenters. The molecule has 0 saturated carbocycles. The molecule has 2 amide bonds. The number of carbonyl (C=O) groups is 2. The van der Waals surface area contributed by atoms with Gasteiger partial charge in [-0.15, -0.1) is 0 Å². The third-order valence-electron chi connectivity index (χ3n) is 4.61. The number of nitrogens with one attached hydrogen (secondary N) is 2. The van der Waals surface area contributed by atoms with E-state index in [0.717, 1.165) is 0 Å². The lowest BCUT2D eigenvalue weighted by Gasteiger charge is -2.25. The highest BCUT2D eigenvalue weighted by atomic mass is 19.1. The first-order valence-electron chi connectivity index (χ1n) is 8.62. The van der Waals surface area contributed by atoms with E-state index in [1.54, 1.807) is 12.1 Å². The number of ether oxygens (including phenoxy) is 3. The number of fused-ring (bicyclic) bond motifs is 1. The van der Waals surface area contributed by atoms with E-state index in [4.69, 9.17) is 14.2 Å².